The van der Waals surface area contributed by atoms with Gasteiger partial charge >= 0.3 is 6.01 Å². The molecule has 3 aliphatic heterocycles. The van der Waals surface area contributed by atoms with Crippen molar-refractivity contribution in [1.29, 1.82) is 5.26 Å². The zero-order chi connectivity index (χ0) is 32.9. The molecule has 1 N–H and O–H groups in total. The van der Waals surface area contributed by atoms with Crippen LogP contribution in [0.25, 0.3) is 32.8 Å². The number of fused-ring (bicyclic) bond motifs is 3. The molecule has 3 fully saturated rings. The van der Waals surface area contributed by atoms with Gasteiger partial charge in [0.25, 0.3) is 5.91 Å². The van der Waals surface area contributed by atoms with Gasteiger partial charge in [-0.2, -0.15) is 15.2 Å². The molecule has 12 heteroatoms. The summed E-state index contributed by atoms with van der Waals surface area (Å²) in [5, 5.41) is 15.1. The quantitative estimate of drug-likeness (QED) is 0.235. The number of halogens is 4. The van der Waals surface area contributed by atoms with E-state index in [4.69, 9.17) is 26.3 Å². The minimum Gasteiger partial charge on any atom is -0.461 e. The summed E-state index contributed by atoms with van der Waals surface area (Å²) in [6, 6.07) is 16.1. The molecule has 3 aliphatic rings. The highest BCUT2D eigenvalue weighted by atomic mass is 35.5. The number of rotatable bonds is 7. The number of nitrogens with one attached hydrogen (secondary N) is 1. The van der Waals surface area contributed by atoms with E-state index in [1.807, 2.05) is 24.3 Å². The SMILES string of the molecule is C=C(F)C(=O)N1CCNCC1(CC#N)c1nc(OC[C@@]23CCCN2C[C@H](F)C3)nc2cc(-c3cccc4ccc(F)c(Cl)c34)ccc12. The molecule has 0 aliphatic carbocycles. The van der Waals surface area contributed by atoms with E-state index in [2.05, 4.69) is 22.9 Å². The molecule has 0 bridgehead atoms. The predicted molar refractivity (Wildman–Crippen MR) is 173 cm³/mol. The second-order valence-corrected chi connectivity index (χ2v) is 13.0. The standard InChI is InChI=1S/C35H32ClF3N6O2/c1-21(37)32(46)45-15-13-41-19-35(45,11-12-40)31-26-8-6-23(25-5-2-4-22-7-9-27(39)30(36)29(22)25)16-28(26)42-33(43-31)47-20-34-10-3-14-44(34)18-24(38)17-34/h2,4-9,16,24,41H,1,3,10-11,13-15,17-20H2/t24-,34+,35?/m1/s1. The third-order valence-corrected chi connectivity index (χ3v) is 10.3. The van der Waals surface area contributed by atoms with Crippen molar-refractivity contribution in [3.8, 4) is 23.2 Å². The molecule has 3 aromatic carbocycles. The number of carbonyl (C=O) groups is 1. The second kappa shape index (κ2) is 12.1. The topological polar surface area (TPSA) is 94.4 Å². The highest BCUT2D eigenvalue weighted by Crippen LogP contribution is 2.43. The second-order valence-electron chi connectivity index (χ2n) is 12.6. The Bertz CT molecular complexity index is 1970. The number of hydrogen-bond acceptors (Lipinski definition) is 7. The number of ether oxygens (including phenoxy) is 1. The van der Waals surface area contributed by atoms with Crippen LogP contribution in [-0.4, -0.2) is 76.7 Å². The van der Waals surface area contributed by atoms with Gasteiger partial charge in [0.05, 0.1) is 34.3 Å². The Kier molecular flexibility index (Phi) is 8.07. The van der Waals surface area contributed by atoms with E-state index >= 15 is 0 Å². The molecule has 1 amide bonds. The van der Waals surface area contributed by atoms with Crippen molar-refractivity contribution in [3.05, 3.63) is 77.5 Å². The van der Waals surface area contributed by atoms with Crippen LogP contribution in [0.4, 0.5) is 13.2 Å². The maximum Gasteiger partial charge on any atom is 0.317 e. The summed E-state index contributed by atoms with van der Waals surface area (Å²) in [6.45, 7) is 5.13. The third kappa shape index (κ3) is 5.29. The van der Waals surface area contributed by atoms with Crippen LogP contribution in [0.2, 0.25) is 5.02 Å². The molecule has 8 nitrogen and oxygen atoms in total. The van der Waals surface area contributed by atoms with Gasteiger partial charge in [-0.25, -0.2) is 13.2 Å². The molecule has 242 valence electrons. The van der Waals surface area contributed by atoms with Crippen molar-refractivity contribution in [2.45, 2.75) is 42.9 Å². The van der Waals surface area contributed by atoms with Crippen molar-refractivity contribution < 1.29 is 22.7 Å². The Labute approximate surface area is 274 Å². The van der Waals surface area contributed by atoms with Gasteiger partial charge in [0.2, 0.25) is 0 Å². The first kappa shape index (κ1) is 31.4. The number of alkyl halides is 1. The average molecular weight is 661 g/mol. The van der Waals surface area contributed by atoms with Crippen LogP contribution in [0, 0.1) is 17.1 Å². The molecular formula is C35H32ClF3N6O2. The van der Waals surface area contributed by atoms with Crippen molar-refractivity contribution in [1.82, 2.24) is 25.1 Å². The molecule has 47 heavy (non-hydrogen) atoms. The van der Waals surface area contributed by atoms with E-state index in [9.17, 15) is 23.2 Å². The van der Waals surface area contributed by atoms with E-state index < -0.39 is 34.8 Å². The molecule has 0 spiro atoms. The lowest BCUT2D eigenvalue weighted by molar-refractivity contribution is -0.137. The number of aromatic nitrogens is 2. The Morgan fingerprint density at radius 3 is 2.87 bits per heavy atom. The zero-order valence-corrected chi connectivity index (χ0v) is 26.3. The number of benzene rings is 3. The van der Waals surface area contributed by atoms with E-state index in [1.54, 1.807) is 18.2 Å². The molecule has 1 aromatic heterocycles. The normalized spacial score (nSPS) is 24.4. The largest absolute Gasteiger partial charge is 0.461 e. The predicted octanol–water partition coefficient (Wildman–Crippen LogP) is 6.22. The number of hydrogen-bond donors (Lipinski definition) is 1. The molecule has 7 rings (SSSR count). The van der Waals surface area contributed by atoms with Crippen LogP contribution in [0.3, 0.4) is 0 Å². The number of carbonyl (C=O) groups excluding carboxylic acids is 1. The van der Waals surface area contributed by atoms with Gasteiger partial charge in [-0.1, -0.05) is 54.6 Å². The summed E-state index contributed by atoms with van der Waals surface area (Å²) in [5.74, 6) is -2.62. The highest BCUT2D eigenvalue weighted by Gasteiger charge is 2.50. The van der Waals surface area contributed by atoms with Crippen molar-refractivity contribution >= 4 is 39.2 Å². The molecule has 0 radical (unpaired) electrons. The van der Waals surface area contributed by atoms with Gasteiger partial charge in [-0.15, -0.1) is 0 Å². The summed E-state index contributed by atoms with van der Waals surface area (Å²) in [5.41, 5.74) is 0.231. The molecule has 4 aromatic rings. The Morgan fingerprint density at radius 2 is 2.06 bits per heavy atom. The molecular weight excluding hydrogens is 629 g/mol. The molecule has 1 unspecified atom stereocenters. The van der Waals surface area contributed by atoms with Crippen LogP contribution in [-0.2, 0) is 10.3 Å². The molecule has 3 saturated heterocycles. The van der Waals surface area contributed by atoms with E-state index in [-0.39, 0.29) is 37.2 Å². The maximum atomic E-state index is 14.6. The van der Waals surface area contributed by atoms with Crippen molar-refractivity contribution in [3.63, 3.8) is 0 Å². The summed E-state index contributed by atoms with van der Waals surface area (Å²) in [4.78, 5) is 26.2. The van der Waals surface area contributed by atoms with Gasteiger partial charge in [0, 0.05) is 43.4 Å². The summed E-state index contributed by atoms with van der Waals surface area (Å²) < 4.78 is 49.9. The minimum atomic E-state index is -1.39. The van der Waals surface area contributed by atoms with Crippen molar-refractivity contribution in [2.75, 3.05) is 39.3 Å². The first-order valence-electron chi connectivity index (χ1n) is 15.6. The van der Waals surface area contributed by atoms with Gasteiger partial charge in [-0.05, 0) is 48.0 Å². The maximum absolute atomic E-state index is 14.6. The van der Waals surface area contributed by atoms with E-state index in [1.165, 1.54) is 11.0 Å². The highest BCUT2D eigenvalue weighted by molar-refractivity contribution is 6.36. The number of nitriles is 1. The van der Waals surface area contributed by atoms with Crippen LogP contribution in [0.5, 0.6) is 6.01 Å². The fourth-order valence-corrected chi connectivity index (χ4v) is 7.99. The summed E-state index contributed by atoms with van der Waals surface area (Å²) >= 11 is 6.47. The first-order chi connectivity index (χ1) is 22.7. The van der Waals surface area contributed by atoms with Crippen LogP contribution in [0.15, 0.2) is 60.9 Å². The number of nitrogens with zero attached hydrogens (tertiary/aromatic N) is 5. The fourth-order valence-electron chi connectivity index (χ4n) is 7.71. The molecule has 4 heterocycles. The van der Waals surface area contributed by atoms with Gasteiger partial charge in [0.1, 0.15) is 24.1 Å². The number of amides is 1. The van der Waals surface area contributed by atoms with Crippen LogP contribution < -0.4 is 10.1 Å². The molecule has 0 saturated carbocycles. The minimum absolute atomic E-state index is 0.00411. The van der Waals surface area contributed by atoms with E-state index in [0.717, 1.165) is 24.8 Å². The third-order valence-electron chi connectivity index (χ3n) is 9.89. The Balaban J connectivity index is 1.41. The summed E-state index contributed by atoms with van der Waals surface area (Å²) in [6.07, 6.45) is 0.899. The van der Waals surface area contributed by atoms with Crippen LogP contribution in [0.1, 0.15) is 31.4 Å². The Hall–Kier alpha value is -4.24. The van der Waals surface area contributed by atoms with Gasteiger partial charge < -0.3 is 15.0 Å². The molecule has 3 atom stereocenters. The fraction of sp³-hybridized carbons (Fsp3) is 0.371. The number of piperazine rings is 1. The van der Waals surface area contributed by atoms with E-state index in [0.29, 0.717) is 52.6 Å². The van der Waals surface area contributed by atoms with Gasteiger partial charge in [-0.3, -0.25) is 9.69 Å². The first-order valence-corrected chi connectivity index (χ1v) is 16.0. The smallest absolute Gasteiger partial charge is 0.317 e. The van der Waals surface area contributed by atoms with Crippen LogP contribution >= 0.6 is 11.6 Å². The van der Waals surface area contributed by atoms with Gasteiger partial charge in [0.15, 0.2) is 5.83 Å². The zero-order valence-electron chi connectivity index (χ0n) is 25.5. The lowest BCUT2D eigenvalue weighted by Gasteiger charge is -2.46. The average Bonchev–Trinajstić information content (AvgIpc) is 3.60. The lowest BCUT2D eigenvalue weighted by Crippen LogP contribution is -2.61. The Morgan fingerprint density at radius 1 is 1.21 bits per heavy atom. The summed E-state index contributed by atoms with van der Waals surface area (Å²) in [7, 11) is 0. The van der Waals surface area contributed by atoms with Crippen molar-refractivity contribution in [2.24, 2.45) is 0 Å². The monoisotopic (exact) mass is 660 g/mol. The lowest BCUT2D eigenvalue weighted by atomic mass is 9.84.